The van der Waals surface area contributed by atoms with E-state index in [-0.39, 0.29) is 24.5 Å². The molecule has 0 aromatic carbocycles. The van der Waals surface area contributed by atoms with Crippen LogP contribution in [0.3, 0.4) is 0 Å². The Hall–Kier alpha value is -1.33. The predicted octanol–water partition coefficient (Wildman–Crippen LogP) is 1.06. The van der Waals surface area contributed by atoms with Gasteiger partial charge in [0.05, 0.1) is 18.2 Å². The Morgan fingerprint density at radius 1 is 1.58 bits per heavy atom. The summed E-state index contributed by atoms with van der Waals surface area (Å²) in [4.78, 5) is 17.7. The number of hydrogen-bond acceptors (Lipinski definition) is 4. The lowest BCUT2D eigenvalue weighted by Gasteiger charge is -2.19. The van der Waals surface area contributed by atoms with Gasteiger partial charge in [0.25, 0.3) is 0 Å². The van der Waals surface area contributed by atoms with Gasteiger partial charge in [0.15, 0.2) is 0 Å². The maximum atomic E-state index is 11.8. The Bertz CT molecular complexity index is 446. The summed E-state index contributed by atoms with van der Waals surface area (Å²) in [6.07, 6.45) is 3.52. The molecular formula is C13H18ClN3O2. The van der Waals surface area contributed by atoms with E-state index in [4.69, 9.17) is 11.6 Å². The van der Waals surface area contributed by atoms with E-state index in [0.29, 0.717) is 17.4 Å². The number of nitrogens with zero attached hydrogens (tertiary/aromatic N) is 2. The minimum absolute atomic E-state index is 0.0627. The fourth-order valence-electron chi connectivity index (χ4n) is 1.80. The molecule has 0 bridgehead atoms. The van der Waals surface area contributed by atoms with Crippen molar-refractivity contribution in [3.05, 3.63) is 23.4 Å². The highest BCUT2D eigenvalue weighted by Crippen LogP contribution is 2.44. The molecule has 0 atom stereocenters. The first-order valence-electron chi connectivity index (χ1n) is 6.25. The van der Waals surface area contributed by atoms with Crippen molar-refractivity contribution in [2.24, 2.45) is 5.41 Å². The summed E-state index contributed by atoms with van der Waals surface area (Å²) < 4.78 is 0. The van der Waals surface area contributed by atoms with Crippen LogP contribution in [-0.2, 0) is 4.79 Å². The van der Waals surface area contributed by atoms with Crippen LogP contribution in [-0.4, -0.2) is 42.7 Å². The molecule has 1 aliphatic carbocycles. The molecule has 0 saturated heterocycles. The number of nitrogens with one attached hydrogen (secondary N) is 1. The number of aromatic nitrogens is 1. The standard InChI is InChI=1S/C13H18ClN3O2/c1-17(11-3-2-10(14)6-15-11)7-12(19)16-8-13(9-18)4-5-13/h2-3,6,18H,4-5,7-9H2,1H3,(H,16,19). The highest BCUT2D eigenvalue weighted by Gasteiger charge is 2.42. The summed E-state index contributed by atoms with van der Waals surface area (Å²) in [7, 11) is 1.80. The molecule has 5 nitrogen and oxygen atoms in total. The van der Waals surface area contributed by atoms with Crippen LogP contribution in [0.15, 0.2) is 18.3 Å². The third-order valence-electron chi connectivity index (χ3n) is 3.44. The van der Waals surface area contributed by atoms with E-state index in [1.807, 2.05) is 0 Å². The average Bonchev–Trinajstić information content (AvgIpc) is 3.18. The smallest absolute Gasteiger partial charge is 0.239 e. The van der Waals surface area contributed by atoms with Gasteiger partial charge in [0.1, 0.15) is 5.82 Å². The number of likely N-dealkylation sites (N-methyl/N-ethyl adjacent to an activating group) is 1. The molecular weight excluding hydrogens is 266 g/mol. The zero-order chi connectivity index (χ0) is 13.9. The minimum Gasteiger partial charge on any atom is -0.396 e. The molecule has 1 aromatic heterocycles. The van der Waals surface area contributed by atoms with Crippen molar-refractivity contribution in [2.45, 2.75) is 12.8 Å². The second kappa shape index (κ2) is 5.75. The van der Waals surface area contributed by atoms with Gasteiger partial charge in [-0.3, -0.25) is 4.79 Å². The van der Waals surface area contributed by atoms with Crippen LogP contribution in [0.25, 0.3) is 0 Å². The zero-order valence-electron chi connectivity index (χ0n) is 10.9. The van der Waals surface area contributed by atoms with Crippen LogP contribution < -0.4 is 10.2 Å². The molecule has 104 valence electrons. The van der Waals surface area contributed by atoms with Gasteiger partial charge < -0.3 is 15.3 Å². The molecule has 2 rings (SSSR count). The Morgan fingerprint density at radius 2 is 2.32 bits per heavy atom. The maximum Gasteiger partial charge on any atom is 0.239 e. The van der Waals surface area contributed by atoms with Crippen molar-refractivity contribution in [2.75, 3.05) is 31.6 Å². The molecule has 19 heavy (non-hydrogen) atoms. The predicted molar refractivity (Wildman–Crippen MR) is 74.3 cm³/mol. The summed E-state index contributed by atoms with van der Waals surface area (Å²) in [6, 6.07) is 3.51. The van der Waals surface area contributed by atoms with Crippen LogP contribution in [0.1, 0.15) is 12.8 Å². The van der Waals surface area contributed by atoms with E-state index in [9.17, 15) is 9.90 Å². The van der Waals surface area contributed by atoms with Crippen molar-refractivity contribution in [3.63, 3.8) is 0 Å². The van der Waals surface area contributed by atoms with Gasteiger partial charge in [-0.15, -0.1) is 0 Å². The first-order valence-corrected chi connectivity index (χ1v) is 6.63. The molecule has 2 N–H and O–H groups in total. The number of halogens is 1. The maximum absolute atomic E-state index is 11.8. The number of hydrogen-bond donors (Lipinski definition) is 2. The number of aliphatic hydroxyl groups is 1. The summed E-state index contributed by atoms with van der Waals surface area (Å²) in [5.74, 6) is 0.627. The number of rotatable bonds is 6. The third-order valence-corrected chi connectivity index (χ3v) is 3.66. The minimum atomic E-state index is -0.0704. The number of amides is 1. The fraction of sp³-hybridized carbons (Fsp3) is 0.538. The SMILES string of the molecule is CN(CC(=O)NCC1(CO)CC1)c1ccc(Cl)cn1. The second-order valence-corrected chi connectivity index (χ2v) is 5.56. The Labute approximate surface area is 117 Å². The van der Waals surface area contributed by atoms with Crippen LogP contribution in [0.4, 0.5) is 5.82 Å². The van der Waals surface area contributed by atoms with Crippen LogP contribution in [0.5, 0.6) is 0 Å². The van der Waals surface area contributed by atoms with Gasteiger partial charge in [-0.2, -0.15) is 0 Å². The third kappa shape index (κ3) is 3.81. The molecule has 1 aromatic rings. The molecule has 0 unspecified atom stereocenters. The van der Waals surface area contributed by atoms with Crippen molar-refractivity contribution in [3.8, 4) is 0 Å². The topological polar surface area (TPSA) is 65.5 Å². The fourth-order valence-corrected chi connectivity index (χ4v) is 1.91. The van der Waals surface area contributed by atoms with Crippen molar-refractivity contribution < 1.29 is 9.90 Å². The molecule has 0 radical (unpaired) electrons. The molecule has 1 aliphatic rings. The molecule has 0 spiro atoms. The normalized spacial score (nSPS) is 15.9. The van der Waals surface area contributed by atoms with Gasteiger partial charge in [0, 0.05) is 25.2 Å². The second-order valence-electron chi connectivity index (χ2n) is 5.13. The van der Waals surface area contributed by atoms with E-state index >= 15 is 0 Å². The number of pyridine rings is 1. The molecule has 1 saturated carbocycles. The summed E-state index contributed by atoms with van der Waals surface area (Å²) in [6.45, 7) is 0.919. The van der Waals surface area contributed by atoms with E-state index in [2.05, 4.69) is 10.3 Å². The quantitative estimate of drug-likeness (QED) is 0.819. The molecule has 1 heterocycles. The van der Waals surface area contributed by atoms with Gasteiger partial charge in [-0.1, -0.05) is 11.6 Å². The first-order chi connectivity index (χ1) is 9.04. The highest BCUT2D eigenvalue weighted by atomic mass is 35.5. The number of carbonyl (C=O) groups is 1. The lowest BCUT2D eigenvalue weighted by Crippen LogP contribution is -2.39. The van der Waals surface area contributed by atoms with E-state index in [1.165, 1.54) is 0 Å². The summed E-state index contributed by atoms with van der Waals surface area (Å²) >= 11 is 5.76. The lowest BCUT2D eigenvalue weighted by atomic mass is 10.1. The van der Waals surface area contributed by atoms with E-state index in [0.717, 1.165) is 12.8 Å². The first kappa shape index (κ1) is 14.1. The molecule has 1 fully saturated rings. The van der Waals surface area contributed by atoms with Crippen LogP contribution >= 0.6 is 11.6 Å². The Morgan fingerprint density at radius 3 is 2.84 bits per heavy atom. The largest absolute Gasteiger partial charge is 0.396 e. The number of aliphatic hydroxyl groups excluding tert-OH is 1. The van der Waals surface area contributed by atoms with Gasteiger partial charge in [-0.05, 0) is 25.0 Å². The molecule has 0 aliphatic heterocycles. The van der Waals surface area contributed by atoms with Gasteiger partial charge >= 0.3 is 0 Å². The summed E-state index contributed by atoms with van der Waals surface area (Å²) in [5.41, 5.74) is -0.0627. The van der Waals surface area contributed by atoms with Gasteiger partial charge in [0.2, 0.25) is 5.91 Å². The molecule has 6 heteroatoms. The van der Waals surface area contributed by atoms with Crippen LogP contribution in [0, 0.1) is 5.41 Å². The zero-order valence-corrected chi connectivity index (χ0v) is 11.7. The monoisotopic (exact) mass is 283 g/mol. The average molecular weight is 284 g/mol. The number of anilines is 1. The van der Waals surface area contributed by atoms with Crippen molar-refractivity contribution in [1.82, 2.24) is 10.3 Å². The lowest BCUT2D eigenvalue weighted by molar-refractivity contribution is -0.120. The molecule has 1 amide bonds. The van der Waals surface area contributed by atoms with Crippen molar-refractivity contribution in [1.29, 1.82) is 0 Å². The van der Waals surface area contributed by atoms with Crippen molar-refractivity contribution >= 4 is 23.3 Å². The number of carbonyl (C=O) groups excluding carboxylic acids is 1. The van der Waals surface area contributed by atoms with E-state index in [1.54, 1.807) is 30.3 Å². The van der Waals surface area contributed by atoms with Gasteiger partial charge in [-0.25, -0.2) is 4.98 Å². The Balaban J connectivity index is 1.80. The Kier molecular flexibility index (Phi) is 4.27. The van der Waals surface area contributed by atoms with Crippen LogP contribution in [0.2, 0.25) is 5.02 Å². The summed E-state index contributed by atoms with van der Waals surface area (Å²) in [5, 5.41) is 12.6. The van der Waals surface area contributed by atoms with E-state index < -0.39 is 0 Å². The highest BCUT2D eigenvalue weighted by molar-refractivity contribution is 6.30.